The predicted octanol–water partition coefficient (Wildman–Crippen LogP) is 0.797. The van der Waals surface area contributed by atoms with Crippen LogP contribution in [0.2, 0.25) is 0 Å². The third kappa shape index (κ3) is 3.83. The van der Waals surface area contributed by atoms with Crippen molar-refractivity contribution >= 4 is 16.8 Å². The van der Waals surface area contributed by atoms with Crippen molar-refractivity contribution in [1.82, 2.24) is 9.78 Å². The maximum atomic E-state index is 11.3. The van der Waals surface area contributed by atoms with Crippen LogP contribution < -0.4 is 0 Å². The number of carbonyl (C=O) groups is 1. The van der Waals surface area contributed by atoms with E-state index in [2.05, 4.69) is 5.10 Å². The largest absolute Gasteiger partial charge is 0.481 e. The monoisotopic (exact) mass is 230 g/mol. The predicted molar refractivity (Wildman–Crippen MR) is 57.0 cm³/mol. The minimum absolute atomic E-state index is 0.200. The lowest BCUT2D eigenvalue weighted by Crippen LogP contribution is -2.11. The highest BCUT2D eigenvalue weighted by atomic mass is 32.2. The van der Waals surface area contributed by atoms with Crippen molar-refractivity contribution in [1.29, 1.82) is 0 Å². The van der Waals surface area contributed by atoms with Crippen molar-refractivity contribution in [2.75, 3.05) is 5.75 Å². The Morgan fingerprint density at radius 2 is 2.33 bits per heavy atom. The molecular weight excluding hydrogens is 216 g/mol. The summed E-state index contributed by atoms with van der Waals surface area (Å²) in [5.74, 6) is -1.17. The highest BCUT2D eigenvalue weighted by Gasteiger charge is 2.09. The van der Waals surface area contributed by atoms with Gasteiger partial charge >= 0.3 is 5.97 Å². The van der Waals surface area contributed by atoms with E-state index in [1.807, 2.05) is 13.8 Å². The van der Waals surface area contributed by atoms with Crippen LogP contribution in [0, 0.1) is 0 Å². The van der Waals surface area contributed by atoms with Gasteiger partial charge in [-0.05, 0) is 19.9 Å². The van der Waals surface area contributed by atoms with Crippen LogP contribution >= 0.6 is 0 Å². The molecule has 1 aromatic rings. The number of aliphatic carboxylic acids is 1. The second-order valence-electron chi connectivity index (χ2n) is 3.50. The molecule has 0 radical (unpaired) electrons. The minimum atomic E-state index is -1.38. The molecule has 0 saturated carbocycles. The standard InChI is InChI=1S/C9H14N2O3S/c1-7(2)11-4-3-8(10-11)5-15(14)6-9(12)13/h3-4,7H,5-6H2,1-2H3,(H,12,13). The quantitative estimate of drug-likeness (QED) is 0.812. The number of hydrogen-bond acceptors (Lipinski definition) is 3. The summed E-state index contributed by atoms with van der Waals surface area (Å²) in [7, 11) is -1.38. The first-order valence-corrected chi connectivity index (χ1v) is 6.08. The average molecular weight is 230 g/mol. The van der Waals surface area contributed by atoms with Gasteiger partial charge in [-0.1, -0.05) is 0 Å². The zero-order valence-electron chi connectivity index (χ0n) is 8.71. The van der Waals surface area contributed by atoms with Gasteiger partial charge in [0.05, 0.1) is 11.4 Å². The molecule has 6 heteroatoms. The molecule has 1 atom stereocenters. The van der Waals surface area contributed by atoms with Crippen molar-refractivity contribution in [2.45, 2.75) is 25.6 Å². The van der Waals surface area contributed by atoms with E-state index in [4.69, 9.17) is 5.11 Å². The molecule has 0 bridgehead atoms. The third-order valence-corrected chi connectivity index (χ3v) is 2.97. The van der Waals surface area contributed by atoms with Crippen LogP contribution in [0.3, 0.4) is 0 Å². The van der Waals surface area contributed by atoms with Gasteiger partial charge in [-0.2, -0.15) is 5.10 Å². The van der Waals surface area contributed by atoms with Crippen LogP contribution in [0.5, 0.6) is 0 Å². The van der Waals surface area contributed by atoms with Gasteiger partial charge in [0.1, 0.15) is 5.75 Å². The molecular formula is C9H14N2O3S. The molecule has 1 heterocycles. The Balaban J connectivity index is 2.57. The molecule has 1 unspecified atom stereocenters. The highest BCUT2D eigenvalue weighted by Crippen LogP contribution is 2.06. The maximum absolute atomic E-state index is 11.3. The Morgan fingerprint density at radius 3 is 2.80 bits per heavy atom. The molecule has 0 amide bonds. The SMILES string of the molecule is CC(C)n1ccc(CS(=O)CC(=O)O)n1. The smallest absolute Gasteiger partial charge is 0.316 e. The Labute approximate surface area is 90.6 Å². The van der Waals surface area contributed by atoms with Gasteiger partial charge in [0.25, 0.3) is 0 Å². The van der Waals surface area contributed by atoms with Gasteiger partial charge in [-0.25, -0.2) is 0 Å². The van der Waals surface area contributed by atoms with Gasteiger partial charge in [-0.3, -0.25) is 13.7 Å². The third-order valence-electron chi connectivity index (χ3n) is 1.79. The average Bonchev–Trinajstić information content (AvgIpc) is 2.50. The number of carboxylic acid groups (broad SMARTS) is 1. The van der Waals surface area contributed by atoms with E-state index in [-0.39, 0.29) is 17.5 Å². The Morgan fingerprint density at radius 1 is 1.67 bits per heavy atom. The fraction of sp³-hybridized carbons (Fsp3) is 0.556. The molecule has 84 valence electrons. The molecule has 0 aliphatic heterocycles. The number of aromatic nitrogens is 2. The second-order valence-corrected chi connectivity index (χ2v) is 4.96. The first kappa shape index (κ1) is 11.9. The zero-order valence-corrected chi connectivity index (χ0v) is 9.53. The zero-order chi connectivity index (χ0) is 11.4. The molecule has 0 aromatic carbocycles. The topological polar surface area (TPSA) is 72.2 Å². The van der Waals surface area contributed by atoms with Crippen LogP contribution in [0.25, 0.3) is 0 Å². The van der Waals surface area contributed by atoms with Crippen LogP contribution in [0.15, 0.2) is 12.3 Å². The molecule has 0 aliphatic rings. The van der Waals surface area contributed by atoms with Crippen LogP contribution in [0.4, 0.5) is 0 Å². The van der Waals surface area contributed by atoms with Crippen LogP contribution in [-0.4, -0.2) is 30.8 Å². The number of hydrogen-bond donors (Lipinski definition) is 1. The molecule has 0 fully saturated rings. The fourth-order valence-electron chi connectivity index (χ4n) is 1.10. The van der Waals surface area contributed by atoms with Crippen LogP contribution in [-0.2, 0) is 21.3 Å². The van der Waals surface area contributed by atoms with Crippen molar-refractivity contribution in [3.8, 4) is 0 Å². The van der Waals surface area contributed by atoms with E-state index in [0.29, 0.717) is 5.69 Å². The Hall–Kier alpha value is -1.17. The van der Waals surface area contributed by atoms with Gasteiger partial charge in [0.15, 0.2) is 0 Å². The summed E-state index contributed by atoms with van der Waals surface area (Å²) in [6, 6.07) is 2.02. The Kier molecular flexibility index (Phi) is 4.02. The van der Waals surface area contributed by atoms with E-state index >= 15 is 0 Å². The van der Waals surface area contributed by atoms with E-state index in [1.54, 1.807) is 16.9 Å². The van der Waals surface area contributed by atoms with Crippen molar-refractivity contribution < 1.29 is 14.1 Å². The van der Waals surface area contributed by atoms with Gasteiger partial charge < -0.3 is 5.11 Å². The lowest BCUT2D eigenvalue weighted by atomic mass is 10.4. The van der Waals surface area contributed by atoms with Crippen LogP contribution in [0.1, 0.15) is 25.6 Å². The van der Waals surface area contributed by atoms with Crippen molar-refractivity contribution in [2.24, 2.45) is 0 Å². The lowest BCUT2D eigenvalue weighted by molar-refractivity contribution is -0.133. The maximum Gasteiger partial charge on any atom is 0.316 e. The van der Waals surface area contributed by atoms with E-state index in [0.717, 1.165) is 0 Å². The summed E-state index contributed by atoms with van der Waals surface area (Å²) >= 11 is 0. The molecule has 0 saturated heterocycles. The van der Waals surface area contributed by atoms with E-state index < -0.39 is 16.8 Å². The number of rotatable bonds is 5. The highest BCUT2D eigenvalue weighted by molar-refractivity contribution is 7.84. The number of nitrogens with zero attached hydrogens (tertiary/aromatic N) is 2. The second kappa shape index (κ2) is 5.06. The van der Waals surface area contributed by atoms with Gasteiger partial charge in [0, 0.05) is 23.0 Å². The Bertz CT molecular complexity index is 373. The van der Waals surface area contributed by atoms with E-state index in [9.17, 15) is 9.00 Å². The first-order valence-electron chi connectivity index (χ1n) is 4.60. The van der Waals surface area contributed by atoms with E-state index in [1.165, 1.54) is 0 Å². The lowest BCUT2D eigenvalue weighted by Gasteiger charge is -2.03. The summed E-state index contributed by atoms with van der Waals surface area (Å²) in [6.07, 6.45) is 1.80. The molecule has 15 heavy (non-hydrogen) atoms. The van der Waals surface area contributed by atoms with Gasteiger partial charge in [0.2, 0.25) is 0 Å². The molecule has 1 aromatic heterocycles. The molecule has 1 rings (SSSR count). The fourth-order valence-corrected chi connectivity index (χ4v) is 1.96. The normalized spacial score (nSPS) is 13.0. The summed E-state index contributed by atoms with van der Waals surface area (Å²) < 4.78 is 13.0. The molecule has 1 N–H and O–H groups in total. The molecule has 0 aliphatic carbocycles. The van der Waals surface area contributed by atoms with Crippen molar-refractivity contribution in [3.05, 3.63) is 18.0 Å². The summed E-state index contributed by atoms with van der Waals surface area (Å²) in [4.78, 5) is 10.3. The summed E-state index contributed by atoms with van der Waals surface area (Å²) in [5.41, 5.74) is 0.670. The molecule has 5 nitrogen and oxygen atoms in total. The summed E-state index contributed by atoms with van der Waals surface area (Å²) in [5, 5.41) is 12.6. The first-order chi connectivity index (χ1) is 6.99. The number of carboxylic acids is 1. The minimum Gasteiger partial charge on any atom is -0.481 e. The summed E-state index contributed by atoms with van der Waals surface area (Å²) in [6.45, 7) is 3.98. The molecule has 0 spiro atoms. The van der Waals surface area contributed by atoms with Crippen molar-refractivity contribution in [3.63, 3.8) is 0 Å². The van der Waals surface area contributed by atoms with Gasteiger partial charge in [-0.15, -0.1) is 0 Å².